The van der Waals surface area contributed by atoms with Crippen molar-refractivity contribution in [3.8, 4) is 0 Å². The van der Waals surface area contributed by atoms with Crippen LogP contribution in [0, 0.1) is 18.8 Å². The van der Waals surface area contributed by atoms with E-state index in [1.54, 1.807) is 0 Å². The number of amides is 1. The zero-order valence-corrected chi connectivity index (χ0v) is 14.2. The normalized spacial score (nSPS) is 24.2. The summed E-state index contributed by atoms with van der Waals surface area (Å²) in [4.78, 5) is 25.7. The van der Waals surface area contributed by atoms with Gasteiger partial charge < -0.3 is 10.0 Å². The fourth-order valence-electron chi connectivity index (χ4n) is 3.69. The van der Waals surface area contributed by atoms with Gasteiger partial charge in [-0.3, -0.25) is 9.59 Å². The summed E-state index contributed by atoms with van der Waals surface area (Å²) in [5.74, 6) is -1.08. The van der Waals surface area contributed by atoms with E-state index in [0.717, 1.165) is 17.4 Å². The Hall–Kier alpha value is -1.36. The SMILES string of the molecule is Cc1cc(Br)cc2c1CN(C(=O)[C@@H]1CC[C@H](C(=O)O)C1)CC2. The highest BCUT2D eigenvalue weighted by atomic mass is 79.9. The highest BCUT2D eigenvalue weighted by molar-refractivity contribution is 9.10. The van der Waals surface area contributed by atoms with E-state index in [9.17, 15) is 9.59 Å². The van der Waals surface area contributed by atoms with Gasteiger partial charge in [0, 0.05) is 23.5 Å². The van der Waals surface area contributed by atoms with Crippen LogP contribution in [-0.4, -0.2) is 28.4 Å². The van der Waals surface area contributed by atoms with Gasteiger partial charge in [0.2, 0.25) is 5.91 Å². The summed E-state index contributed by atoms with van der Waals surface area (Å²) in [6.07, 6.45) is 2.70. The molecule has 0 radical (unpaired) electrons. The molecule has 1 aromatic carbocycles. The molecule has 1 fully saturated rings. The molecule has 1 aromatic rings. The van der Waals surface area contributed by atoms with E-state index in [2.05, 4.69) is 35.0 Å². The standard InChI is InChI=1S/C17H20BrNO3/c1-10-6-14(18)8-11-4-5-19(9-15(10)11)16(20)12-2-3-13(7-12)17(21)22/h6,8,12-13H,2-5,7,9H2,1H3,(H,21,22)/t12-,13+/m1/s1. The Morgan fingerprint density at radius 1 is 1.27 bits per heavy atom. The third-order valence-corrected chi connectivity index (χ3v) is 5.43. The van der Waals surface area contributed by atoms with Crippen molar-refractivity contribution in [1.29, 1.82) is 0 Å². The van der Waals surface area contributed by atoms with Crippen molar-refractivity contribution in [3.63, 3.8) is 0 Å². The van der Waals surface area contributed by atoms with Crippen LogP contribution < -0.4 is 0 Å². The van der Waals surface area contributed by atoms with Crippen molar-refractivity contribution < 1.29 is 14.7 Å². The number of rotatable bonds is 2. The van der Waals surface area contributed by atoms with Crippen LogP contribution in [0.15, 0.2) is 16.6 Å². The molecule has 1 saturated carbocycles. The lowest BCUT2D eigenvalue weighted by Crippen LogP contribution is -2.39. The van der Waals surface area contributed by atoms with Crippen LogP contribution in [0.2, 0.25) is 0 Å². The minimum absolute atomic E-state index is 0.113. The Bertz CT molecular complexity index is 629. The van der Waals surface area contributed by atoms with Crippen LogP contribution in [0.25, 0.3) is 0 Å². The van der Waals surface area contributed by atoms with Crippen LogP contribution in [0.4, 0.5) is 0 Å². The Labute approximate surface area is 138 Å². The van der Waals surface area contributed by atoms with Gasteiger partial charge in [-0.05, 0) is 61.4 Å². The second-order valence-electron chi connectivity index (χ2n) is 6.42. The maximum Gasteiger partial charge on any atom is 0.306 e. The van der Waals surface area contributed by atoms with Gasteiger partial charge in [-0.25, -0.2) is 0 Å². The van der Waals surface area contributed by atoms with Crippen molar-refractivity contribution >= 4 is 27.8 Å². The molecule has 1 aliphatic heterocycles. The molecule has 1 aliphatic carbocycles. The molecule has 0 unspecified atom stereocenters. The largest absolute Gasteiger partial charge is 0.481 e. The van der Waals surface area contributed by atoms with Crippen LogP contribution in [0.5, 0.6) is 0 Å². The first kappa shape index (κ1) is 15.5. The molecule has 2 aliphatic rings. The quantitative estimate of drug-likeness (QED) is 0.875. The van der Waals surface area contributed by atoms with Crippen molar-refractivity contribution in [1.82, 2.24) is 4.90 Å². The summed E-state index contributed by atoms with van der Waals surface area (Å²) < 4.78 is 1.09. The van der Waals surface area contributed by atoms with Crippen molar-refractivity contribution in [2.75, 3.05) is 6.54 Å². The van der Waals surface area contributed by atoms with Crippen LogP contribution in [0.3, 0.4) is 0 Å². The number of benzene rings is 1. The highest BCUT2D eigenvalue weighted by Crippen LogP contribution is 2.34. The van der Waals surface area contributed by atoms with Crippen molar-refractivity contribution in [3.05, 3.63) is 33.3 Å². The molecule has 3 rings (SSSR count). The number of hydrogen-bond acceptors (Lipinski definition) is 2. The smallest absolute Gasteiger partial charge is 0.306 e. The van der Waals surface area contributed by atoms with Crippen LogP contribution in [-0.2, 0) is 22.6 Å². The molecule has 1 heterocycles. The van der Waals surface area contributed by atoms with Gasteiger partial charge in [0.25, 0.3) is 0 Å². The summed E-state index contributed by atoms with van der Waals surface area (Å²) in [5, 5.41) is 9.09. The Morgan fingerprint density at radius 3 is 2.68 bits per heavy atom. The number of halogens is 1. The van der Waals surface area contributed by atoms with E-state index < -0.39 is 5.97 Å². The topological polar surface area (TPSA) is 57.6 Å². The number of fused-ring (bicyclic) bond motifs is 1. The second-order valence-corrected chi connectivity index (χ2v) is 7.33. The first-order valence-electron chi connectivity index (χ1n) is 7.75. The lowest BCUT2D eigenvalue weighted by molar-refractivity contribution is -0.141. The fourth-order valence-corrected chi connectivity index (χ4v) is 4.31. The second kappa shape index (κ2) is 6.03. The average Bonchev–Trinajstić information content (AvgIpc) is 2.96. The molecule has 22 heavy (non-hydrogen) atoms. The Balaban J connectivity index is 1.72. The molecule has 1 N–H and O–H groups in total. The molecule has 118 valence electrons. The van der Waals surface area contributed by atoms with Gasteiger partial charge in [-0.1, -0.05) is 15.9 Å². The highest BCUT2D eigenvalue weighted by Gasteiger charge is 2.36. The fraction of sp³-hybridized carbons (Fsp3) is 0.529. The average molecular weight is 366 g/mol. The molecular formula is C17H20BrNO3. The van der Waals surface area contributed by atoms with Gasteiger partial charge >= 0.3 is 5.97 Å². The number of nitrogens with zero attached hydrogens (tertiary/aromatic N) is 1. The number of carboxylic acids is 1. The van der Waals surface area contributed by atoms with E-state index >= 15 is 0 Å². The minimum atomic E-state index is -0.764. The lowest BCUT2D eigenvalue weighted by Gasteiger charge is -2.32. The Morgan fingerprint density at radius 2 is 2.00 bits per heavy atom. The van der Waals surface area contributed by atoms with E-state index in [0.29, 0.717) is 25.8 Å². The van der Waals surface area contributed by atoms with Gasteiger partial charge in [0.15, 0.2) is 0 Å². The van der Waals surface area contributed by atoms with E-state index in [1.165, 1.54) is 16.7 Å². The number of carboxylic acid groups (broad SMARTS) is 1. The third-order valence-electron chi connectivity index (χ3n) is 4.97. The zero-order chi connectivity index (χ0) is 15.9. The van der Waals surface area contributed by atoms with Crippen molar-refractivity contribution in [2.45, 2.75) is 39.2 Å². The monoisotopic (exact) mass is 365 g/mol. The minimum Gasteiger partial charge on any atom is -0.481 e. The summed E-state index contributed by atoms with van der Waals surface area (Å²) in [5.41, 5.74) is 3.76. The maximum absolute atomic E-state index is 12.7. The van der Waals surface area contributed by atoms with E-state index in [1.807, 2.05) is 4.90 Å². The predicted octanol–water partition coefficient (Wildman–Crippen LogP) is 3.14. The summed E-state index contributed by atoms with van der Waals surface area (Å²) in [6.45, 7) is 3.46. The molecular weight excluding hydrogens is 346 g/mol. The van der Waals surface area contributed by atoms with Gasteiger partial charge in [0.05, 0.1) is 5.92 Å². The first-order valence-corrected chi connectivity index (χ1v) is 8.54. The maximum atomic E-state index is 12.7. The predicted molar refractivity (Wildman–Crippen MR) is 86.5 cm³/mol. The molecule has 1 amide bonds. The summed E-state index contributed by atoms with van der Waals surface area (Å²) in [6, 6.07) is 4.23. The van der Waals surface area contributed by atoms with Gasteiger partial charge in [-0.15, -0.1) is 0 Å². The third kappa shape index (κ3) is 2.91. The molecule has 0 aromatic heterocycles. The van der Waals surface area contributed by atoms with Crippen LogP contribution in [0.1, 0.15) is 36.0 Å². The lowest BCUT2D eigenvalue weighted by atomic mass is 9.94. The number of hydrogen-bond donors (Lipinski definition) is 1. The first-order chi connectivity index (χ1) is 10.5. The number of carbonyl (C=O) groups is 2. The molecule has 4 nitrogen and oxygen atoms in total. The zero-order valence-electron chi connectivity index (χ0n) is 12.6. The van der Waals surface area contributed by atoms with Gasteiger partial charge in [-0.2, -0.15) is 0 Å². The summed E-state index contributed by atoms with van der Waals surface area (Å²) in [7, 11) is 0. The van der Waals surface area contributed by atoms with Gasteiger partial charge in [0.1, 0.15) is 0 Å². The van der Waals surface area contributed by atoms with E-state index in [-0.39, 0.29) is 17.7 Å². The summed E-state index contributed by atoms with van der Waals surface area (Å²) >= 11 is 3.52. The molecule has 0 spiro atoms. The molecule has 0 saturated heterocycles. The number of aliphatic carboxylic acids is 1. The molecule has 2 atom stereocenters. The molecule has 0 bridgehead atoms. The van der Waals surface area contributed by atoms with Crippen LogP contribution >= 0.6 is 15.9 Å². The van der Waals surface area contributed by atoms with Crippen molar-refractivity contribution in [2.24, 2.45) is 11.8 Å². The number of carbonyl (C=O) groups excluding carboxylic acids is 1. The van der Waals surface area contributed by atoms with E-state index in [4.69, 9.17) is 5.11 Å². The number of aryl methyl sites for hydroxylation is 1. The Kier molecular flexibility index (Phi) is 4.26. The molecule has 5 heteroatoms.